The van der Waals surface area contributed by atoms with Crippen molar-refractivity contribution in [2.24, 2.45) is 5.73 Å². The van der Waals surface area contributed by atoms with Crippen molar-refractivity contribution >= 4 is 17.3 Å². The molecule has 0 saturated carbocycles. The topological polar surface area (TPSA) is 90.2 Å². The molecule has 2 aromatic rings. The molecule has 0 spiro atoms. The predicted molar refractivity (Wildman–Crippen MR) is 82.7 cm³/mol. The van der Waals surface area contributed by atoms with E-state index < -0.39 is 5.97 Å². The zero-order valence-electron chi connectivity index (χ0n) is 12.6. The van der Waals surface area contributed by atoms with Crippen LogP contribution in [0.3, 0.4) is 0 Å². The van der Waals surface area contributed by atoms with Crippen LogP contribution in [0.2, 0.25) is 0 Å². The zero-order valence-corrected chi connectivity index (χ0v) is 13.4. The van der Waals surface area contributed by atoms with Gasteiger partial charge in [-0.25, -0.2) is 4.79 Å². The molecule has 0 aromatic carbocycles. The molecule has 116 valence electrons. The minimum absolute atomic E-state index is 0.0495. The van der Waals surface area contributed by atoms with Crippen molar-refractivity contribution in [2.45, 2.75) is 26.7 Å². The molecule has 0 saturated heterocycles. The maximum absolute atomic E-state index is 12.4. The number of nitrogens with two attached hydrogens (primary N) is 1. The molecule has 7 heteroatoms. The number of hydrogen-bond acceptors (Lipinski definition) is 6. The van der Waals surface area contributed by atoms with Crippen molar-refractivity contribution in [1.82, 2.24) is 10.2 Å². The number of nitrogens with one attached hydrogen (secondary N) is 1. The van der Waals surface area contributed by atoms with Gasteiger partial charge in [-0.15, -0.1) is 16.4 Å². The van der Waals surface area contributed by atoms with Crippen molar-refractivity contribution in [3.8, 4) is 5.88 Å². The molecule has 1 unspecified atom stereocenters. The van der Waals surface area contributed by atoms with E-state index >= 15 is 0 Å². The van der Waals surface area contributed by atoms with Crippen LogP contribution < -0.4 is 10.5 Å². The van der Waals surface area contributed by atoms with Crippen LogP contribution >= 0.6 is 11.3 Å². The molecule has 2 aromatic heterocycles. The first-order chi connectivity index (χ1) is 10.5. The summed E-state index contributed by atoms with van der Waals surface area (Å²) in [5.41, 5.74) is 7.99. The normalized spacial score (nSPS) is 17.1. The molecule has 1 aliphatic rings. The number of carbonyl (C=O) groups is 1. The summed E-state index contributed by atoms with van der Waals surface area (Å²) in [5, 5.41) is 7.01. The number of aromatic nitrogens is 2. The van der Waals surface area contributed by atoms with Crippen molar-refractivity contribution in [3.63, 3.8) is 0 Å². The maximum atomic E-state index is 12.4. The molecule has 0 fully saturated rings. The van der Waals surface area contributed by atoms with Gasteiger partial charge in [0.25, 0.3) is 0 Å². The average Bonchev–Trinajstić information content (AvgIpc) is 3.04. The fourth-order valence-electron chi connectivity index (χ4n) is 2.60. The SMILES string of the molecule is CCOC(=O)C1=C(N)Oc2n[nH]c(C)c2C1c1ccc(C)s1. The second kappa shape index (κ2) is 5.49. The highest BCUT2D eigenvalue weighted by Crippen LogP contribution is 2.45. The van der Waals surface area contributed by atoms with Gasteiger partial charge in [-0.2, -0.15) is 0 Å². The number of ether oxygens (including phenoxy) is 2. The first-order valence-electron chi connectivity index (χ1n) is 6.98. The molecule has 0 amide bonds. The van der Waals surface area contributed by atoms with Crippen LogP contribution in [-0.2, 0) is 9.53 Å². The van der Waals surface area contributed by atoms with E-state index in [4.69, 9.17) is 15.2 Å². The third-order valence-electron chi connectivity index (χ3n) is 3.55. The van der Waals surface area contributed by atoms with E-state index in [0.29, 0.717) is 11.5 Å². The molecule has 1 aliphatic heterocycles. The summed E-state index contributed by atoms with van der Waals surface area (Å²) < 4.78 is 10.7. The van der Waals surface area contributed by atoms with E-state index in [1.165, 1.54) is 0 Å². The molecule has 6 nitrogen and oxygen atoms in total. The van der Waals surface area contributed by atoms with Crippen molar-refractivity contribution in [1.29, 1.82) is 0 Å². The third-order valence-corrected chi connectivity index (χ3v) is 4.62. The first kappa shape index (κ1) is 14.6. The number of nitrogens with zero attached hydrogens (tertiary/aromatic N) is 1. The maximum Gasteiger partial charge on any atom is 0.340 e. The fraction of sp³-hybridized carbons (Fsp3) is 0.333. The Morgan fingerprint density at radius 1 is 1.50 bits per heavy atom. The average molecular weight is 319 g/mol. The number of fused-ring (bicyclic) bond motifs is 1. The second-order valence-electron chi connectivity index (χ2n) is 5.05. The predicted octanol–water partition coefficient (Wildman–Crippen LogP) is 2.35. The number of thiophene rings is 1. The standard InChI is InChI=1S/C15H17N3O3S/c1-4-20-15(19)12-11(9-6-5-7(2)22-9)10-8(3)17-18-14(10)21-13(12)16/h5-6,11H,4,16H2,1-3H3,(H,17,18). The number of hydrogen-bond donors (Lipinski definition) is 2. The van der Waals surface area contributed by atoms with Gasteiger partial charge in [0.05, 0.1) is 18.1 Å². The molecule has 3 N–H and O–H groups in total. The second-order valence-corrected chi connectivity index (χ2v) is 6.37. The van der Waals surface area contributed by atoms with Gasteiger partial charge in [0.1, 0.15) is 5.57 Å². The Labute approximate surface area is 131 Å². The van der Waals surface area contributed by atoms with E-state index in [-0.39, 0.29) is 18.4 Å². The van der Waals surface area contributed by atoms with E-state index in [2.05, 4.69) is 10.2 Å². The molecule has 0 aliphatic carbocycles. The summed E-state index contributed by atoms with van der Waals surface area (Å²) >= 11 is 1.62. The Bertz CT molecular complexity index is 760. The van der Waals surface area contributed by atoms with Crippen LogP contribution in [0.5, 0.6) is 5.88 Å². The highest BCUT2D eigenvalue weighted by molar-refractivity contribution is 7.12. The van der Waals surface area contributed by atoms with Gasteiger partial charge in [-0.1, -0.05) is 0 Å². The Morgan fingerprint density at radius 2 is 2.27 bits per heavy atom. The van der Waals surface area contributed by atoms with Gasteiger partial charge in [-0.05, 0) is 32.9 Å². The minimum Gasteiger partial charge on any atom is -0.462 e. The van der Waals surface area contributed by atoms with E-state index in [1.807, 2.05) is 26.0 Å². The van der Waals surface area contributed by atoms with Crippen molar-refractivity contribution in [2.75, 3.05) is 6.61 Å². The quantitative estimate of drug-likeness (QED) is 0.848. The monoisotopic (exact) mass is 319 g/mol. The van der Waals surface area contributed by atoms with E-state index in [0.717, 1.165) is 21.0 Å². The first-order valence-corrected chi connectivity index (χ1v) is 7.80. The van der Waals surface area contributed by atoms with Crippen LogP contribution in [0.15, 0.2) is 23.6 Å². The summed E-state index contributed by atoms with van der Waals surface area (Å²) in [5.74, 6) is -0.310. The Kier molecular flexibility index (Phi) is 3.66. The Balaban J connectivity index is 2.17. The van der Waals surface area contributed by atoms with Crippen molar-refractivity contribution in [3.05, 3.63) is 44.6 Å². The van der Waals surface area contributed by atoms with Gasteiger partial charge in [0.15, 0.2) is 0 Å². The smallest absolute Gasteiger partial charge is 0.340 e. The minimum atomic E-state index is -0.456. The zero-order chi connectivity index (χ0) is 15.9. The number of esters is 1. The Morgan fingerprint density at radius 3 is 2.91 bits per heavy atom. The van der Waals surface area contributed by atoms with Gasteiger partial charge in [0, 0.05) is 15.4 Å². The molecule has 3 heterocycles. The fourth-order valence-corrected chi connectivity index (χ4v) is 3.60. The molecular weight excluding hydrogens is 302 g/mol. The lowest BCUT2D eigenvalue weighted by molar-refractivity contribution is -0.139. The van der Waals surface area contributed by atoms with Crippen molar-refractivity contribution < 1.29 is 14.3 Å². The molecule has 0 radical (unpaired) electrons. The van der Waals surface area contributed by atoms with Gasteiger partial charge >= 0.3 is 5.97 Å². The number of rotatable bonds is 3. The summed E-state index contributed by atoms with van der Waals surface area (Å²) in [6.07, 6.45) is 0. The third kappa shape index (κ3) is 2.27. The van der Waals surface area contributed by atoms with Crippen LogP contribution in [-0.4, -0.2) is 22.8 Å². The van der Waals surface area contributed by atoms with Gasteiger partial charge < -0.3 is 15.2 Å². The summed E-state index contributed by atoms with van der Waals surface area (Å²) in [6.45, 7) is 5.96. The van der Waals surface area contributed by atoms with Gasteiger partial charge in [0.2, 0.25) is 11.8 Å². The lowest BCUT2D eigenvalue weighted by Gasteiger charge is -2.24. The largest absolute Gasteiger partial charge is 0.462 e. The molecular formula is C15H17N3O3S. The number of aromatic amines is 1. The highest BCUT2D eigenvalue weighted by atomic mass is 32.1. The lowest BCUT2D eigenvalue weighted by atomic mass is 9.88. The van der Waals surface area contributed by atoms with Crippen LogP contribution in [0, 0.1) is 13.8 Å². The lowest BCUT2D eigenvalue weighted by Crippen LogP contribution is -2.27. The molecule has 22 heavy (non-hydrogen) atoms. The summed E-state index contributed by atoms with van der Waals surface area (Å²) in [6, 6.07) is 4.02. The van der Waals surface area contributed by atoms with Gasteiger partial charge in [-0.3, -0.25) is 5.10 Å². The van der Waals surface area contributed by atoms with E-state index in [1.54, 1.807) is 18.3 Å². The molecule has 0 bridgehead atoms. The van der Waals surface area contributed by atoms with Crippen LogP contribution in [0.4, 0.5) is 0 Å². The van der Waals surface area contributed by atoms with Crippen LogP contribution in [0.25, 0.3) is 0 Å². The number of aryl methyl sites for hydroxylation is 2. The van der Waals surface area contributed by atoms with Crippen LogP contribution in [0.1, 0.15) is 33.9 Å². The summed E-state index contributed by atoms with van der Waals surface area (Å²) in [7, 11) is 0. The number of carbonyl (C=O) groups excluding carboxylic acids is 1. The Hall–Kier alpha value is -2.28. The number of H-pyrrole nitrogens is 1. The summed E-state index contributed by atoms with van der Waals surface area (Å²) in [4.78, 5) is 14.5. The van der Waals surface area contributed by atoms with E-state index in [9.17, 15) is 4.79 Å². The molecule has 3 rings (SSSR count). The molecule has 1 atom stereocenters. The highest BCUT2D eigenvalue weighted by Gasteiger charge is 2.38.